The number of aromatic nitrogens is 3. The molecule has 0 saturated heterocycles. The Labute approximate surface area is 151 Å². The van der Waals surface area contributed by atoms with E-state index >= 15 is 0 Å². The SMILES string of the molecule is COc1cc(OC)cc([C@H](NC(=O)c2ccccn2)c2nccn2C)c1. The zero-order chi connectivity index (χ0) is 18.5. The van der Waals surface area contributed by atoms with Crippen LogP contribution in [0.4, 0.5) is 0 Å². The number of benzene rings is 1. The smallest absolute Gasteiger partial charge is 0.270 e. The molecular weight excluding hydrogens is 332 g/mol. The lowest BCUT2D eigenvalue weighted by molar-refractivity contribution is 0.0936. The van der Waals surface area contributed by atoms with Crippen molar-refractivity contribution in [3.05, 3.63) is 72.1 Å². The predicted octanol–water partition coefficient (Wildman–Crippen LogP) is 2.35. The Hall–Kier alpha value is -3.35. The molecule has 26 heavy (non-hydrogen) atoms. The molecule has 134 valence electrons. The van der Waals surface area contributed by atoms with Gasteiger partial charge in [-0.25, -0.2) is 4.98 Å². The highest BCUT2D eigenvalue weighted by atomic mass is 16.5. The van der Waals surface area contributed by atoms with Gasteiger partial charge in [0.25, 0.3) is 5.91 Å². The molecule has 1 aromatic carbocycles. The summed E-state index contributed by atoms with van der Waals surface area (Å²) in [5, 5.41) is 3.00. The van der Waals surface area contributed by atoms with E-state index in [1.165, 1.54) is 0 Å². The molecule has 0 radical (unpaired) electrons. The van der Waals surface area contributed by atoms with Crippen molar-refractivity contribution in [2.24, 2.45) is 7.05 Å². The molecule has 0 bridgehead atoms. The van der Waals surface area contributed by atoms with Crippen LogP contribution in [0.15, 0.2) is 55.0 Å². The molecule has 1 N–H and O–H groups in total. The molecule has 7 heteroatoms. The van der Waals surface area contributed by atoms with E-state index in [0.29, 0.717) is 23.0 Å². The first-order valence-electron chi connectivity index (χ1n) is 8.04. The minimum atomic E-state index is -0.492. The number of amides is 1. The summed E-state index contributed by atoms with van der Waals surface area (Å²) in [5.74, 6) is 1.65. The Morgan fingerprint density at radius 2 is 1.81 bits per heavy atom. The third kappa shape index (κ3) is 3.66. The second kappa shape index (κ2) is 7.69. The Morgan fingerprint density at radius 1 is 1.08 bits per heavy atom. The fourth-order valence-corrected chi connectivity index (χ4v) is 2.65. The summed E-state index contributed by atoms with van der Waals surface area (Å²) in [6.45, 7) is 0. The van der Waals surface area contributed by atoms with Crippen molar-refractivity contribution in [1.29, 1.82) is 0 Å². The second-order valence-corrected chi connectivity index (χ2v) is 5.66. The van der Waals surface area contributed by atoms with Crippen LogP contribution in [0.5, 0.6) is 11.5 Å². The first kappa shape index (κ1) is 17.5. The summed E-state index contributed by atoms with van der Waals surface area (Å²) < 4.78 is 12.6. The van der Waals surface area contributed by atoms with Gasteiger partial charge in [-0.05, 0) is 29.8 Å². The second-order valence-electron chi connectivity index (χ2n) is 5.66. The van der Waals surface area contributed by atoms with Gasteiger partial charge >= 0.3 is 0 Å². The first-order valence-corrected chi connectivity index (χ1v) is 8.04. The lowest BCUT2D eigenvalue weighted by Crippen LogP contribution is -2.31. The normalized spacial score (nSPS) is 11.7. The Bertz CT molecular complexity index is 871. The number of pyridine rings is 1. The van der Waals surface area contributed by atoms with Gasteiger partial charge in [-0.2, -0.15) is 0 Å². The maximum absolute atomic E-state index is 12.7. The molecule has 3 rings (SSSR count). The third-order valence-electron chi connectivity index (χ3n) is 4.00. The fraction of sp³-hybridized carbons (Fsp3) is 0.211. The van der Waals surface area contributed by atoms with Gasteiger partial charge in [0.05, 0.1) is 14.2 Å². The summed E-state index contributed by atoms with van der Waals surface area (Å²) in [6.07, 6.45) is 5.10. The highest BCUT2D eigenvalue weighted by Crippen LogP contribution is 2.29. The van der Waals surface area contributed by atoms with Crippen LogP contribution in [0.25, 0.3) is 0 Å². The molecule has 0 saturated carbocycles. The molecule has 0 fully saturated rings. The monoisotopic (exact) mass is 352 g/mol. The van der Waals surface area contributed by atoms with Crippen LogP contribution < -0.4 is 14.8 Å². The maximum atomic E-state index is 12.7. The van der Waals surface area contributed by atoms with Gasteiger partial charge in [0, 0.05) is 31.7 Å². The van der Waals surface area contributed by atoms with Crippen molar-refractivity contribution < 1.29 is 14.3 Å². The van der Waals surface area contributed by atoms with Gasteiger partial charge in [0.1, 0.15) is 29.1 Å². The van der Waals surface area contributed by atoms with Crippen molar-refractivity contribution in [3.63, 3.8) is 0 Å². The average Bonchev–Trinajstić information content (AvgIpc) is 3.11. The number of carbonyl (C=O) groups is 1. The summed E-state index contributed by atoms with van der Waals surface area (Å²) >= 11 is 0. The molecule has 0 spiro atoms. The van der Waals surface area contributed by atoms with Crippen molar-refractivity contribution >= 4 is 5.91 Å². The van der Waals surface area contributed by atoms with Gasteiger partial charge in [-0.1, -0.05) is 6.07 Å². The van der Waals surface area contributed by atoms with E-state index in [0.717, 1.165) is 5.56 Å². The number of imidazole rings is 1. The van der Waals surface area contributed by atoms with E-state index in [1.807, 2.05) is 29.9 Å². The van der Waals surface area contributed by atoms with E-state index < -0.39 is 6.04 Å². The van der Waals surface area contributed by atoms with Gasteiger partial charge in [0.15, 0.2) is 0 Å². The summed E-state index contributed by atoms with van der Waals surface area (Å²) in [5.41, 5.74) is 1.13. The van der Waals surface area contributed by atoms with Crippen LogP contribution in [0.3, 0.4) is 0 Å². The van der Waals surface area contributed by atoms with Gasteiger partial charge in [-0.3, -0.25) is 9.78 Å². The number of ether oxygens (including phenoxy) is 2. The number of hydrogen-bond acceptors (Lipinski definition) is 5. The van der Waals surface area contributed by atoms with E-state index in [9.17, 15) is 4.79 Å². The minimum absolute atomic E-state index is 0.291. The lowest BCUT2D eigenvalue weighted by Gasteiger charge is -2.20. The fourth-order valence-electron chi connectivity index (χ4n) is 2.65. The van der Waals surface area contributed by atoms with Crippen molar-refractivity contribution in [1.82, 2.24) is 19.9 Å². The van der Waals surface area contributed by atoms with Crippen LogP contribution >= 0.6 is 0 Å². The molecule has 1 atom stereocenters. The molecule has 0 aliphatic rings. The van der Waals surface area contributed by atoms with E-state index in [-0.39, 0.29) is 5.91 Å². The van der Waals surface area contributed by atoms with E-state index in [4.69, 9.17) is 9.47 Å². The number of methoxy groups -OCH3 is 2. The van der Waals surface area contributed by atoms with Crippen LogP contribution in [0.1, 0.15) is 27.9 Å². The molecule has 2 aromatic heterocycles. The van der Waals surface area contributed by atoms with Gasteiger partial charge in [0.2, 0.25) is 0 Å². The zero-order valence-electron chi connectivity index (χ0n) is 14.8. The number of nitrogens with zero attached hydrogens (tertiary/aromatic N) is 3. The molecule has 3 aromatic rings. The molecule has 2 heterocycles. The standard InChI is InChI=1S/C19H20N4O3/c1-23-9-8-21-18(23)17(22-19(24)16-6-4-5-7-20-16)13-10-14(25-2)12-15(11-13)26-3/h4-12,17H,1-3H3,(H,22,24)/t17-/m0/s1. The number of nitrogens with one attached hydrogen (secondary N) is 1. The van der Waals surface area contributed by atoms with Crippen LogP contribution in [-0.2, 0) is 7.05 Å². The van der Waals surface area contributed by atoms with Crippen LogP contribution in [0, 0.1) is 0 Å². The first-order chi connectivity index (χ1) is 12.6. The predicted molar refractivity (Wildman–Crippen MR) is 96.3 cm³/mol. The zero-order valence-corrected chi connectivity index (χ0v) is 14.8. The van der Waals surface area contributed by atoms with Gasteiger partial charge < -0.3 is 19.4 Å². The summed E-state index contributed by atoms with van der Waals surface area (Å²) in [4.78, 5) is 21.2. The van der Waals surface area contributed by atoms with E-state index in [2.05, 4.69) is 15.3 Å². The molecule has 0 aliphatic heterocycles. The lowest BCUT2D eigenvalue weighted by atomic mass is 10.0. The van der Waals surface area contributed by atoms with Gasteiger partial charge in [-0.15, -0.1) is 0 Å². The number of rotatable bonds is 6. The Morgan fingerprint density at radius 3 is 2.35 bits per heavy atom. The number of carbonyl (C=O) groups excluding carboxylic acids is 1. The van der Waals surface area contributed by atoms with Crippen LogP contribution in [-0.4, -0.2) is 34.7 Å². The Kier molecular flexibility index (Phi) is 5.17. The quantitative estimate of drug-likeness (QED) is 0.737. The number of aryl methyl sites for hydroxylation is 1. The highest BCUT2D eigenvalue weighted by Gasteiger charge is 2.23. The summed E-state index contributed by atoms with van der Waals surface area (Å²) in [7, 11) is 5.04. The Balaban J connectivity index is 2.02. The maximum Gasteiger partial charge on any atom is 0.270 e. The topological polar surface area (TPSA) is 78.3 Å². The van der Waals surface area contributed by atoms with Crippen molar-refractivity contribution in [2.45, 2.75) is 6.04 Å². The minimum Gasteiger partial charge on any atom is -0.497 e. The van der Waals surface area contributed by atoms with Crippen LogP contribution in [0.2, 0.25) is 0 Å². The molecule has 7 nitrogen and oxygen atoms in total. The molecule has 0 aliphatic carbocycles. The molecule has 0 unspecified atom stereocenters. The molecular formula is C19H20N4O3. The third-order valence-corrected chi connectivity index (χ3v) is 4.00. The summed E-state index contributed by atoms with van der Waals surface area (Å²) in [6, 6.07) is 10.2. The molecule has 1 amide bonds. The van der Waals surface area contributed by atoms with E-state index in [1.54, 1.807) is 50.9 Å². The van der Waals surface area contributed by atoms with Crippen molar-refractivity contribution in [3.8, 4) is 11.5 Å². The highest BCUT2D eigenvalue weighted by molar-refractivity contribution is 5.92. The number of hydrogen-bond donors (Lipinski definition) is 1. The van der Waals surface area contributed by atoms with Crippen molar-refractivity contribution in [2.75, 3.05) is 14.2 Å². The average molecular weight is 352 g/mol. The largest absolute Gasteiger partial charge is 0.497 e.